The first kappa shape index (κ1) is 19.3. The molecular formula is C18H23BrN4O2S. The molecule has 0 saturated carbocycles. The van der Waals surface area contributed by atoms with Crippen LogP contribution in [0.1, 0.15) is 31.3 Å². The molecule has 2 aromatic rings. The second-order valence-corrected chi connectivity index (χ2v) is 9.58. The largest absolute Gasteiger partial charge is 0.354 e. The maximum absolute atomic E-state index is 12.8. The van der Waals surface area contributed by atoms with Crippen molar-refractivity contribution in [3.63, 3.8) is 0 Å². The molecule has 6 nitrogen and oxygen atoms in total. The first-order chi connectivity index (χ1) is 12.3. The van der Waals surface area contributed by atoms with Gasteiger partial charge < -0.3 is 4.90 Å². The SMILES string of the molecule is Cc1cc(N2CCN(S(=O)(=O)c3ccc(Br)cc3)CC2)nc(C(C)C)n1. The van der Waals surface area contributed by atoms with Gasteiger partial charge in [-0.25, -0.2) is 18.4 Å². The van der Waals surface area contributed by atoms with Crippen molar-refractivity contribution in [3.05, 3.63) is 46.3 Å². The molecule has 1 aliphatic heterocycles. The van der Waals surface area contributed by atoms with Crippen molar-refractivity contribution in [2.75, 3.05) is 31.1 Å². The number of sulfonamides is 1. The van der Waals surface area contributed by atoms with Crippen molar-refractivity contribution in [1.29, 1.82) is 0 Å². The van der Waals surface area contributed by atoms with E-state index < -0.39 is 10.0 Å². The summed E-state index contributed by atoms with van der Waals surface area (Å²) in [6, 6.07) is 8.73. The molecule has 26 heavy (non-hydrogen) atoms. The second-order valence-electron chi connectivity index (χ2n) is 6.73. The van der Waals surface area contributed by atoms with E-state index in [2.05, 4.69) is 44.6 Å². The molecule has 0 bridgehead atoms. The third-order valence-corrected chi connectivity index (χ3v) is 6.83. The number of nitrogens with zero attached hydrogens (tertiary/aromatic N) is 4. The number of piperazine rings is 1. The zero-order valence-corrected chi connectivity index (χ0v) is 17.6. The van der Waals surface area contributed by atoms with Crippen LogP contribution in [0.2, 0.25) is 0 Å². The van der Waals surface area contributed by atoms with Crippen molar-refractivity contribution in [1.82, 2.24) is 14.3 Å². The molecule has 0 radical (unpaired) electrons. The predicted octanol–water partition coefficient (Wildman–Crippen LogP) is 3.18. The van der Waals surface area contributed by atoms with Crippen molar-refractivity contribution < 1.29 is 8.42 Å². The van der Waals surface area contributed by atoms with Crippen molar-refractivity contribution in [2.24, 2.45) is 0 Å². The van der Waals surface area contributed by atoms with E-state index in [1.807, 2.05) is 13.0 Å². The maximum Gasteiger partial charge on any atom is 0.243 e. The minimum Gasteiger partial charge on any atom is -0.354 e. The molecule has 2 heterocycles. The Bertz CT molecular complexity index is 877. The molecule has 1 saturated heterocycles. The van der Waals surface area contributed by atoms with Crippen LogP contribution in [0, 0.1) is 6.92 Å². The quantitative estimate of drug-likeness (QED) is 0.732. The first-order valence-corrected chi connectivity index (χ1v) is 10.9. The van der Waals surface area contributed by atoms with Crippen molar-refractivity contribution >= 4 is 31.8 Å². The zero-order chi connectivity index (χ0) is 18.9. The van der Waals surface area contributed by atoms with Gasteiger partial charge in [0.05, 0.1) is 4.90 Å². The predicted molar refractivity (Wildman–Crippen MR) is 106 cm³/mol. The normalized spacial score (nSPS) is 16.3. The van der Waals surface area contributed by atoms with Gasteiger partial charge in [0.1, 0.15) is 11.6 Å². The van der Waals surface area contributed by atoms with Crippen LogP contribution in [0.5, 0.6) is 0 Å². The molecule has 1 aromatic carbocycles. The Kier molecular flexibility index (Phi) is 5.64. The highest BCUT2D eigenvalue weighted by molar-refractivity contribution is 9.10. The number of aromatic nitrogens is 2. The topological polar surface area (TPSA) is 66.4 Å². The van der Waals surface area contributed by atoms with E-state index in [4.69, 9.17) is 0 Å². The Hall–Kier alpha value is -1.51. The van der Waals surface area contributed by atoms with Crippen molar-refractivity contribution in [3.8, 4) is 0 Å². The Morgan fingerprint density at radius 1 is 1.04 bits per heavy atom. The third kappa shape index (κ3) is 4.07. The number of halogens is 1. The number of hydrogen-bond donors (Lipinski definition) is 0. The maximum atomic E-state index is 12.8. The van der Waals surface area contributed by atoms with Gasteiger partial charge >= 0.3 is 0 Å². The fraction of sp³-hybridized carbons (Fsp3) is 0.444. The molecule has 3 rings (SSSR count). The van der Waals surface area contributed by atoms with E-state index in [0.717, 1.165) is 21.8 Å². The Labute approximate surface area is 163 Å². The van der Waals surface area contributed by atoms with Crippen LogP contribution in [0.15, 0.2) is 39.7 Å². The summed E-state index contributed by atoms with van der Waals surface area (Å²) < 4.78 is 28.0. The molecular weight excluding hydrogens is 416 g/mol. The first-order valence-electron chi connectivity index (χ1n) is 8.63. The summed E-state index contributed by atoms with van der Waals surface area (Å²) in [6.45, 7) is 8.22. The number of aryl methyl sites for hydroxylation is 1. The molecule has 0 unspecified atom stereocenters. The second kappa shape index (κ2) is 7.62. The molecule has 140 valence electrons. The summed E-state index contributed by atoms with van der Waals surface area (Å²) in [4.78, 5) is 11.6. The van der Waals surface area contributed by atoms with Crippen molar-refractivity contribution in [2.45, 2.75) is 31.6 Å². The molecule has 0 atom stereocenters. The standard InChI is InChI=1S/C18H23BrN4O2S/c1-13(2)18-20-14(3)12-17(21-18)22-8-10-23(11-9-22)26(24,25)16-6-4-15(19)5-7-16/h4-7,12-13H,8-11H2,1-3H3. The van der Waals surface area contributed by atoms with E-state index in [1.165, 1.54) is 0 Å². The summed E-state index contributed by atoms with van der Waals surface area (Å²) in [5.41, 5.74) is 0.934. The fourth-order valence-electron chi connectivity index (χ4n) is 2.91. The van der Waals surface area contributed by atoms with Crippen LogP contribution in [0.4, 0.5) is 5.82 Å². The smallest absolute Gasteiger partial charge is 0.243 e. The minimum atomic E-state index is -3.46. The van der Waals surface area contributed by atoms with E-state index in [0.29, 0.717) is 31.1 Å². The molecule has 1 fully saturated rings. The highest BCUT2D eigenvalue weighted by Gasteiger charge is 2.29. The number of rotatable bonds is 4. The van der Waals surface area contributed by atoms with Gasteiger partial charge in [-0.2, -0.15) is 4.31 Å². The van der Waals surface area contributed by atoms with Crippen LogP contribution in [0.25, 0.3) is 0 Å². The highest BCUT2D eigenvalue weighted by Crippen LogP contribution is 2.23. The van der Waals surface area contributed by atoms with E-state index in [9.17, 15) is 8.42 Å². The molecule has 0 N–H and O–H groups in total. The molecule has 0 spiro atoms. The highest BCUT2D eigenvalue weighted by atomic mass is 79.9. The molecule has 1 aromatic heterocycles. The van der Waals surface area contributed by atoms with Gasteiger partial charge in [0.15, 0.2) is 0 Å². The third-order valence-electron chi connectivity index (χ3n) is 4.39. The summed E-state index contributed by atoms with van der Waals surface area (Å²) in [6.07, 6.45) is 0. The molecule has 0 aliphatic carbocycles. The minimum absolute atomic E-state index is 0.257. The summed E-state index contributed by atoms with van der Waals surface area (Å²) in [7, 11) is -3.46. The van der Waals surface area contributed by atoms with Gasteiger partial charge in [0, 0.05) is 48.3 Å². The lowest BCUT2D eigenvalue weighted by atomic mass is 10.2. The summed E-state index contributed by atoms with van der Waals surface area (Å²) >= 11 is 3.34. The lowest BCUT2D eigenvalue weighted by molar-refractivity contribution is 0.383. The lowest BCUT2D eigenvalue weighted by Gasteiger charge is -2.35. The monoisotopic (exact) mass is 438 g/mol. The fourth-order valence-corrected chi connectivity index (χ4v) is 4.59. The van der Waals surface area contributed by atoms with E-state index in [1.54, 1.807) is 28.6 Å². The van der Waals surface area contributed by atoms with Gasteiger partial charge in [-0.05, 0) is 31.2 Å². The van der Waals surface area contributed by atoms with Crippen LogP contribution in [0.3, 0.4) is 0 Å². The number of hydrogen-bond acceptors (Lipinski definition) is 5. The summed E-state index contributed by atoms with van der Waals surface area (Å²) in [5, 5.41) is 0. The van der Waals surface area contributed by atoms with Gasteiger partial charge in [-0.15, -0.1) is 0 Å². The number of anilines is 1. The van der Waals surface area contributed by atoms with Crippen LogP contribution >= 0.6 is 15.9 Å². The van der Waals surface area contributed by atoms with E-state index >= 15 is 0 Å². The number of benzene rings is 1. The Morgan fingerprint density at radius 2 is 1.65 bits per heavy atom. The Morgan fingerprint density at radius 3 is 2.23 bits per heavy atom. The lowest BCUT2D eigenvalue weighted by Crippen LogP contribution is -2.49. The molecule has 1 aliphatic rings. The summed E-state index contributed by atoms with van der Waals surface area (Å²) in [5.74, 6) is 1.96. The van der Waals surface area contributed by atoms with Gasteiger partial charge in [0.25, 0.3) is 0 Å². The molecule has 8 heteroatoms. The van der Waals surface area contributed by atoms with Crippen LogP contribution in [-0.4, -0.2) is 48.9 Å². The van der Waals surface area contributed by atoms with E-state index in [-0.39, 0.29) is 5.92 Å². The van der Waals surface area contributed by atoms with Gasteiger partial charge in [0.2, 0.25) is 10.0 Å². The van der Waals surface area contributed by atoms with Crippen LogP contribution in [-0.2, 0) is 10.0 Å². The van der Waals surface area contributed by atoms with Gasteiger partial charge in [-0.3, -0.25) is 0 Å². The van der Waals surface area contributed by atoms with Crippen LogP contribution < -0.4 is 4.90 Å². The van der Waals surface area contributed by atoms with Gasteiger partial charge in [-0.1, -0.05) is 29.8 Å². The average molecular weight is 439 g/mol. The average Bonchev–Trinajstić information content (AvgIpc) is 2.61. The zero-order valence-electron chi connectivity index (χ0n) is 15.2. The Balaban J connectivity index is 1.74. The molecule has 0 amide bonds.